The lowest BCUT2D eigenvalue weighted by Crippen LogP contribution is -2.43. The molecule has 1 aliphatic rings. The molecular weight excluding hydrogens is 236 g/mol. The van der Waals surface area contributed by atoms with E-state index >= 15 is 0 Å². The minimum absolute atomic E-state index is 0.197. The van der Waals surface area contributed by atoms with Crippen molar-refractivity contribution in [2.24, 2.45) is 5.73 Å². The number of allylic oxidation sites excluding steroid dienone is 1. The first-order chi connectivity index (χ1) is 8.49. The van der Waals surface area contributed by atoms with Crippen molar-refractivity contribution in [3.05, 3.63) is 11.6 Å². The molecule has 1 unspecified atom stereocenters. The van der Waals surface area contributed by atoms with Gasteiger partial charge >= 0.3 is 5.97 Å². The van der Waals surface area contributed by atoms with Gasteiger partial charge in [0.1, 0.15) is 6.04 Å². The predicted molar refractivity (Wildman–Crippen MR) is 64.5 cm³/mol. The zero-order valence-corrected chi connectivity index (χ0v) is 10.1. The molecule has 0 fully saturated rings. The van der Waals surface area contributed by atoms with E-state index in [0.29, 0.717) is 0 Å². The molecule has 1 atom stereocenters. The van der Waals surface area contributed by atoms with E-state index in [9.17, 15) is 14.4 Å². The number of carbonyl (C=O) groups is 3. The second-order valence-corrected chi connectivity index (χ2v) is 4.41. The van der Waals surface area contributed by atoms with E-state index in [1.54, 1.807) is 0 Å². The van der Waals surface area contributed by atoms with E-state index in [1.807, 2.05) is 6.08 Å². The van der Waals surface area contributed by atoms with E-state index < -0.39 is 17.9 Å². The largest absolute Gasteiger partial charge is 0.480 e. The summed E-state index contributed by atoms with van der Waals surface area (Å²) in [7, 11) is 0. The molecule has 0 aromatic carbocycles. The molecular formula is C12H18N2O4. The highest BCUT2D eigenvalue weighted by atomic mass is 16.4. The van der Waals surface area contributed by atoms with E-state index in [4.69, 9.17) is 10.8 Å². The van der Waals surface area contributed by atoms with E-state index in [0.717, 1.165) is 31.3 Å². The molecule has 0 radical (unpaired) electrons. The SMILES string of the molecule is NC(=O)CC(NC(=O)CC1=CCCCC1)C(=O)O. The van der Waals surface area contributed by atoms with Crippen molar-refractivity contribution < 1.29 is 19.5 Å². The van der Waals surface area contributed by atoms with E-state index in [1.165, 1.54) is 0 Å². The van der Waals surface area contributed by atoms with Crippen LogP contribution in [0.1, 0.15) is 38.5 Å². The van der Waals surface area contributed by atoms with Gasteiger partial charge in [-0.05, 0) is 25.7 Å². The fraction of sp³-hybridized carbons (Fsp3) is 0.583. The summed E-state index contributed by atoms with van der Waals surface area (Å²) in [6.45, 7) is 0. The Morgan fingerprint density at radius 1 is 1.39 bits per heavy atom. The predicted octanol–water partition coefficient (Wildman–Crippen LogP) is 0.322. The van der Waals surface area contributed by atoms with Crippen molar-refractivity contribution in [2.45, 2.75) is 44.6 Å². The van der Waals surface area contributed by atoms with Crippen molar-refractivity contribution in [3.63, 3.8) is 0 Å². The second kappa shape index (κ2) is 6.78. The number of aliphatic carboxylic acids is 1. The molecule has 0 spiro atoms. The van der Waals surface area contributed by atoms with Crippen LogP contribution in [0.2, 0.25) is 0 Å². The average molecular weight is 254 g/mol. The first-order valence-corrected chi connectivity index (χ1v) is 5.97. The molecule has 0 saturated carbocycles. The lowest BCUT2D eigenvalue weighted by Gasteiger charge is -2.15. The molecule has 0 saturated heterocycles. The van der Waals surface area contributed by atoms with Crippen molar-refractivity contribution >= 4 is 17.8 Å². The molecule has 1 aliphatic carbocycles. The monoisotopic (exact) mass is 254 g/mol. The van der Waals surface area contributed by atoms with Crippen molar-refractivity contribution in [3.8, 4) is 0 Å². The molecule has 0 aliphatic heterocycles. The van der Waals surface area contributed by atoms with Crippen LogP contribution in [0.4, 0.5) is 0 Å². The summed E-state index contributed by atoms with van der Waals surface area (Å²) < 4.78 is 0. The third kappa shape index (κ3) is 4.99. The molecule has 100 valence electrons. The number of amides is 2. The highest BCUT2D eigenvalue weighted by molar-refractivity contribution is 5.88. The highest BCUT2D eigenvalue weighted by Crippen LogP contribution is 2.19. The lowest BCUT2D eigenvalue weighted by atomic mass is 9.97. The minimum Gasteiger partial charge on any atom is -0.480 e. The normalized spacial score (nSPS) is 16.6. The summed E-state index contributed by atoms with van der Waals surface area (Å²) >= 11 is 0. The Hall–Kier alpha value is -1.85. The molecule has 0 aromatic heterocycles. The first kappa shape index (κ1) is 14.2. The molecule has 0 heterocycles. The fourth-order valence-electron chi connectivity index (χ4n) is 1.92. The van der Waals surface area contributed by atoms with Crippen LogP contribution < -0.4 is 11.1 Å². The molecule has 6 heteroatoms. The standard InChI is InChI=1S/C12H18N2O4/c13-10(15)7-9(12(17)18)14-11(16)6-8-4-2-1-3-5-8/h4,9H,1-3,5-7H2,(H2,13,15)(H,14,16)(H,17,18). The number of carboxylic acid groups (broad SMARTS) is 1. The molecule has 1 rings (SSSR count). The van der Waals surface area contributed by atoms with Crippen LogP contribution in [0, 0.1) is 0 Å². The Morgan fingerprint density at radius 3 is 2.61 bits per heavy atom. The van der Waals surface area contributed by atoms with Gasteiger partial charge in [-0.3, -0.25) is 9.59 Å². The zero-order chi connectivity index (χ0) is 13.5. The second-order valence-electron chi connectivity index (χ2n) is 4.41. The summed E-state index contributed by atoms with van der Waals surface area (Å²) in [6, 6.07) is -1.24. The highest BCUT2D eigenvalue weighted by Gasteiger charge is 2.22. The van der Waals surface area contributed by atoms with Crippen LogP contribution in [0.25, 0.3) is 0 Å². The third-order valence-corrected chi connectivity index (χ3v) is 2.81. The van der Waals surface area contributed by atoms with Crippen LogP contribution in [-0.2, 0) is 14.4 Å². The number of carboxylic acids is 1. The van der Waals surface area contributed by atoms with Gasteiger partial charge in [-0.2, -0.15) is 0 Å². The molecule has 18 heavy (non-hydrogen) atoms. The van der Waals surface area contributed by atoms with Gasteiger partial charge in [0, 0.05) is 6.42 Å². The Morgan fingerprint density at radius 2 is 2.11 bits per heavy atom. The van der Waals surface area contributed by atoms with E-state index in [-0.39, 0.29) is 18.7 Å². The van der Waals surface area contributed by atoms with Crippen LogP contribution in [0.15, 0.2) is 11.6 Å². The van der Waals surface area contributed by atoms with Crippen LogP contribution in [-0.4, -0.2) is 28.9 Å². The van der Waals surface area contributed by atoms with Gasteiger partial charge in [0.2, 0.25) is 11.8 Å². The van der Waals surface area contributed by atoms with Crippen LogP contribution in [0.3, 0.4) is 0 Å². The zero-order valence-electron chi connectivity index (χ0n) is 10.1. The van der Waals surface area contributed by atoms with Gasteiger partial charge in [0.25, 0.3) is 0 Å². The summed E-state index contributed by atoms with van der Waals surface area (Å²) in [5.74, 6) is -2.38. The van der Waals surface area contributed by atoms with Crippen molar-refractivity contribution in [2.75, 3.05) is 0 Å². The Balaban J connectivity index is 2.47. The van der Waals surface area contributed by atoms with Crippen molar-refractivity contribution in [1.29, 1.82) is 0 Å². The van der Waals surface area contributed by atoms with Crippen LogP contribution in [0.5, 0.6) is 0 Å². The molecule has 4 N–H and O–H groups in total. The Labute approximate surface area is 105 Å². The third-order valence-electron chi connectivity index (χ3n) is 2.81. The van der Waals surface area contributed by atoms with Crippen molar-refractivity contribution in [1.82, 2.24) is 5.32 Å². The molecule has 6 nitrogen and oxygen atoms in total. The number of rotatable bonds is 6. The van der Waals surface area contributed by atoms with Gasteiger partial charge in [-0.25, -0.2) is 4.79 Å². The Kier molecular flexibility index (Phi) is 5.35. The van der Waals surface area contributed by atoms with Gasteiger partial charge in [0.05, 0.1) is 6.42 Å². The van der Waals surface area contributed by atoms with Crippen LogP contribution >= 0.6 is 0 Å². The number of hydrogen-bond donors (Lipinski definition) is 3. The van der Waals surface area contributed by atoms with Gasteiger partial charge in [0.15, 0.2) is 0 Å². The maximum absolute atomic E-state index is 11.6. The number of nitrogens with one attached hydrogen (secondary N) is 1. The van der Waals surface area contributed by atoms with Gasteiger partial charge in [-0.15, -0.1) is 0 Å². The molecule has 2 amide bonds. The first-order valence-electron chi connectivity index (χ1n) is 5.97. The van der Waals surface area contributed by atoms with E-state index in [2.05, 4.69) is 5.32 Å². The summed E-state index contributed by atoms with van der Waals surface area (Å²) in [5.41, 5.74) is 5.96. The summed E-state index contributed by atoms with van der Waals surface area (Å²) in [5, 5.41) is 11.2. The topological polar surface area (TPSA) is 109 Å². The fourth-order valence-corrected chi connectivity index (χ4v) is 1.92. The number of primary amides is 1. The number of nitrogens with two attached hydrogens (primary N) is 1. The van der Waals surface area contributed by atoms with Gasteiger partial charge < -0.3 is 16.2 Å². The quantitative estimate of drug-likeness (QED) is 0.593. The number of carbonyl (C=O) groups excluding carboxylic acids is 2. The van der Waals surface area contributed by atoms with Gasteiger partial charge in [-0.1, -0.05) is 11.6 Å². The lowest BCUT2D eigenvalue weighted by molar-refractivity contribution is -0.143. The minimum atomic E-state index is -1.25. The smallest absolute Gasteiger partial charge is 0.326 e. The average Bonchev–Trinajstić information content (AvgIpc) is 2.28. The maximum Gasteiger partial charge on any atom is 0.326 e. The molecule has 0 aromatic rings. The maximum atomic E-state index is 11.6. The molecule has 0 bridgehead atoms. The number of hydrogen-bond acceptors (Lipinski definition) is 3. The summed E-state index contributed by atoms with van der Waals surface area (Å²) in [6.07, 6.45) is 5.86. The Bertz CT molecular complexity index is 376. The summed E-state index contributed by atoms with van der Waals surface area (Å²) in [4.78, 5) is 33.1.